The quantitative estimate of drug-likeness (QED) is 0.591. The van der Waals surface area contributed by atoms with Crippen molar-refractivity contribution in [1.29, 1.82) is 0 Å². The van der Waals surface area contributed by atoms with Crippen LogP contribution in [0.2, 0.25) is 0 Å². The maximum absolute atomic E-state index is 10.6. The van der Waals surface area contributed by atoms with Crippen LogP contribution in [-0.4, -0.2) is 13.0 Å². The monoisotopic (exact) mass is 236 g/mol. The Morgan fingerprint density at radius 3 is 2.08 bits per heavy atom. The van der Waals surface area contributed by atoms with Gasteiger partial charge in [-0.15, -0.1) is 0 Å². The van der Waals surface area contributed by atoms with Crippen LogP contribution in [0.3, 0.4) is 0 Å². The summed E-state index contributed by atoms with van der Waals surface area (Å²) in [6.07, 6.45) is 0. The van der Waals surface area contributed by atoms with Crippen LogP contribution < -0.4 is 0 Å². The molecule has 0 spiro atoms. The van der Waals surface area contributed by atoms with Crippen molar-refractivity contribution >= 4 is 10.1 Å². The van der Waals surface area contributed by atoms with Gasteiger partial charge in [0.1, 0.15) is 0 Å². The molecule has 0 aromatic heterocycles. The first-order valence-electron chi connectivity index (χ1n) is 3.05. The van der Waals surface area contributed by atoms with E-state index in [2.05, 4.69) is 0 Å². The van der Waals surface area contributed by atoms with Gasteiger partial charge in [-0.3, -0.25) is 4.55 Å². The van der Waals surface area contributed by atoms with Gasteiger partial charge in [-0.05, 0) is 18.6 Å². The molecule has 0 aliphatic heterocycles. The van der Waals surface area contributed by atoms with Gasteiger partial charge in [0.2, 0.25) is 0 Å². The summed E-state index contributed by atoms with van der Waals surface area (Å²) in [6.45, 7) is 1.63. The van der Waals surface area contributed by atoms with Crippen LogP contribution in [0.5, 0.6) is 0 Å². The average Bonchev–Trinajstić information content (AvgIpc) is 1.86. The minimum Gasteiger partial charge on any atom is -0.282 e. The van der Waals surface area contributed by atoms with Crippen molar-refractivity contribution < 1.29 is 32.4 Å². The number of aryl methyl sites for hydroxylation is 1. The van der Waals surface area contributed by atoms with E-state index in [1.54, 1.807) is 25.1 Å². The van der Waals surface area contributed by atoms with Crippen LogP contribution in [0.15, 0.2) is 29.2 Å². The molecular formula is C7H8O3SZn. The van der Waals surface area contributed by atoms with Gasteiger partial charge in [-0.2, -0.15) is 8.42 Å². The van der Waals surface area contributed by atoms with E-state index in [9.17, 15) is 8.42 Å². The predicted octanol–water partition coefficient (Wildman–Crippen LogP) is 1.24. The third kappa shape index (κ3) is 2.66. The summed E-state index contributed by atoms with van der Waals surface area (Å²) in [6, 6.07) is 6.27. The second kappa shape index (κ2) is 4.12. The Bertz CT molecular complexity index is 359. The summed E-state index contributed by atoms with van der Waals surface area (Å²) in [5.74, 6) is 0. The Hall–Kier alpha value is -0.247. The Kier molecular flexibility index (Phi) is 4.04. The molecule has 1 aromatic rings. The minimum absolute atomic E-state index is 0. The van der Waals surface area contributed by atoms with Gasteiger partial charge in [0, 0.05) is 19.5 Å². The standard InChI is InChI=1S/C7H8O3S.Zn/c1-6-4-2-3-5-7(6)11(8,9)10;/h2-5H,1H3,(H,8,9,10);. The summed E-state index contributed by atoms with van der Waals surface area (Å²) >= 11 is 0. The minimum atomic E-state index is -4.03. The normalized spacial score (nSPS) is 10.5. The van der Waals surface area contributed by atoms with Crippen molar-refractivity contribution in [1.82, 2.24) is 0 Å². The molecule has 3 nitrogen and oxygen atoms in total. The van der Waals surface area contributed by atoms with Crippen molar-refractivity contribution in [3.63, 3.8) is 0 Å². The smallest absolute Gasteiger partial charge is 0.282 e. The molecular weight excluding hydrogens is 230 g/mol. The largest absolute Gasteiger partial charge is 0.294 e. The second-order valence-electron chi connectivity index (χ2n) is 2.24. The molecule has 0 atom stereocenters. The number of rotatable bonds is 1. The summed E-state index contributed by atoms with van der Waals surface area (Å²) < 4.78 is 29.9. The van der Waals surface area contributed by atoms with E-state index >= 15 is 0 Å². The SMILES string of the molecule is Cc1ccccc1S(=O)(=O)O.[Zn]. The molecule has 0 saturated heterocycles. The van der Waals surface area contributed by atoms with E-state index in [1.165, 1.54) is 6.07 Å². The van der Waals surface area contributed by atoms with E-state index in [1.807, 2.05) is 0 Å². The summed E-state index contributed by atoms with van der Waals surface area (Å²) in [7, 11) is -4.03. The molecule has 0 fully saturated rings. The molecule has 0 unspecified atom stereocenters. The predicted molar refractivity (Wildman–Crippen MR) is 41.0 cm³/mol. The fourth-order valence-corrected chi connectivity index (χ4v) is 1.57. The van der Waals surface area contributed by atoms with Crippen LogP contribution in [0.4, 0.5) is 0 Å². The van der Waals surface area contributed by atoms with Crippen LogP contribution in [-0.2, 0) is 29.6 Å². The molecule has 62 valence electrons. The molecule has 12 heavy (non-hydrogen) atoms. The third-order valence-corrected chi connectivity index (χ3v) is 2.39. The zero-order valence-electron chi connectivity index (χ0n) is 6.69. The maximum atomic E-state index is 10.6. The van der Waals surface area contributed by atoms with Crippen molar-refractivity contribution in [2.45, 2.75) is 11.8 Å². The number of hydrogen-bond acceptors (Lipinski definition) is 2. The van der Waals surface area contributed by atoms with E-state index in [4.69, 9.17) is 4.55 Å². The van der Waals surface area contributed by atoms with Gasteiger partial charge in [-0.25, -0.2) is 0 Å². The molecule has 1 N–H and O–H groups in total. The topological polar surface area (TPSA) is 54.4 Å². The fourth-order valence-electron chi connectivity index (χ4n) is 0.846. The molecule has 1 rings (SSSR count). The fraction of sp³-hybridized carbons (Fsp3) is 0.143. The second-order valence-corrected chi connectivity index (χ2v) is 3.63. The van der Waals surface area contributed by atoms with Crippen molar-refractivity contribution in [3.8, 4) is 0 Å². The van der Waals surface area contributed by atoms with Gasteiger partial charge >= 0.3 is 0 Å². The molecule has 5 heteroatoms. The van der Waals surface area contributed by atoms with Gasteiger partial charge < -0.3 is 0 Å². The third-order valence-electron chi connectivity index (χ3n) is 1.37. The molecule has 0 aliphatic rings. The van der Waals surface area contributed by atoms with Gasteiger partial charge in [0.25, 0.3) is 10.1 Å². The van der Waals surface area contributed by atoms with Crippen molar-refractivity contribution in [2.75, 3.05) is 0 Å². The van der Waals surface area contributed by atoms with Crippen molar-refractivity contribution in [3.05, 3.63) is 29.8 Å². The molecule has 0 aliphatic carbocycles. The van der Waals surface area contributed by atoms with Gasteiger partial charge in [0.15, 0.2) is 0 Å². The van der Waals surface area contributed by atoms with Crippen molar-refractivity contribution in [2.24, 2.45) is 0 Å². The van der Waals surface area contributed by atoms with E-state index < -0.39 is 10.1 Å². The van der Waals surface area contributed by atoms with Gasteiger partial charge in [0.05, 0.1) is 4.90 Å². The molecule has 0 heterocycles. The Morgan fingerprint density at radius 1 is 1.25 bits per heavy atom. The van der Waals surface area contributed by atoms with Crippen LogP contribution in [0.25, 0.3) is 0 Å². The molecule has 0 bridgehead atoms. The number of benzene rings is 1. The molecule has 0 radical (unpaired) electrons. The van der Waals surface area contributed by atoms with Gasteiger partial charge in [-0.1, -0.05) is 18.2 Å². The zero-order chi connectivity index (χ0) is 8.48. The summed E-state index contributed by atoms with van der Waals surface area (Å²) in [5.41, 5.74) is 0.551. The first kappa shape index (κ1) is 11.8. The zero-order valence-corrected chi connectivity index (χ0v) is 10.5. The van der Waals surface area contributed by atoms with E-state index in [0.29, 0.717) is 5.56 Å². The van der Waals surface area contributed by atoms with Crippen LogP contribution in [0, 0.1) is 6.92 Å². The Balaban J connectivity index is 0.00000121. The first-order valence-corrected chi connectivity index (χ1v) is 4.49. The summed E-state index contributed by atoms with van der Waals surface area (Å²) in [5, 5.41) is 0. The summed E-state index contributed by atoms with van der Waals surface area (Å²) in [4.78, 5) is -0.0278. The average molecular weight is 238 g/mol. The Morgan fingerprint density at radius 2 is 1.75 bits per heavy atom. The Labute approximate surface area is 84.3 Å². The van der Waals surface area contributed by atoms with Crippen LogP contribution >= 0.6 is 0 Å². The molecule has 0 saturated carbocycles. The van der Waals surface area contributed by atoms with E-state index in [-0.39, 0.29) is 24.4 Å². The maximum Gasteiger partial charge on any atom is 0.294 e. The molecule has 1 aromatic carbocycles. The molecule has 0 amide bonds. The first-order chi connectivity index (χ1) is 5.02. The number of hydrogen-bond donors (Lipinski definition) is 1. The van der Waals surface area contributed by atoms with E-state index in [0.717, 1.165) is 0 Å². The van der Waals surface area contributed by atoms with Crippen LogP contribution in [0.1, 0.15) is 5.56 Å².